The second-order valence-electron chi connectivity index (χ2n) is 8.84. The van der Waals surface area contributed by atoms with Gasteiger partial charge in [-0.1, -0.05) is 41.5 Å². The number of aromatic nitrogens is 3. The van der Waals surface area contributed by atoms with E-state index in [9.17, 15) is 0 Å². The van der Waals surface area contributed by atoms with Crippen molar-refractivity contribution in [1.82, 2.24) is 14.6 Å². The first-order valence-electron chi connectivity index (χ1n) is 9.46. The van der Waals surface area contributed by atoms with Crippen LogP contribution >= 0.6 is 0 Å². The first-order chi connectivity index (χ1) is 11.7. The minimum Gasteiger partial charge on any atom is -0.378 e. The van der Waals surface area contributed by atoms with Crippen LogP contribution < -0.4 is 4.90 Å². The summed E-state index contributed by atoms with van der Waals surface area (Å²) in [4.78, 5) is 7.34. The van der Waals surface area contributed by atoms with E-state index in [1.165, 1.54) is 5.56 Å². The van der Waals surface area contributed by atoms with Crippen molar-refractivity contribution in [3.8, 4) is 0 Å². The van der Waals surface area contributed by atoms with Gasteiger partial charge in [0.2, 0.25) is 0 Å². The fraction of sp³-hybridized carbons (Fsp3) is 0.700. The van der Waals surface area contributed by atoms with Gasteiger partial charge in [-0.3, -0.25) is 0 Å². The van der Waals surface area contributed by atoms with E-state index in [-0.39, 0.29) is 5.41 Å². The molecule has 1 saturated heterocycles. The van der Waals surface area contributed by atoms with E-state index in [0.29, 0.717) is 11.8 Å². The molecule has 0 saturated carbocycles. The van der Waals surface area contributed by atoms with Gasteiger partial charge in [-0.15, -0.1) is 0 Å². The molecule has 0 radical (unpaired) electrons. The predicted octanol–water partition coefficient (Wildman–Crippen LogP) is 3.91. The Morgan fingerprint density at radius 1 is 1.16 bits per heavy atom. The largest absolute Gasteiger partial charge is 0.378 e. The van der Waals surface area contributed by atoms with E-state index in [0.717, 1.165) is 49.9 Å². The molecule has 3 heterocycles. The summed E-state index contributed by atoms with van der Waals surface area (Å²) in [6, 6.07) is 2.26. The molecular formula is C20H32N4O. The standard InChI is InChI=1S/C20H32N4O/c1-14(2)15(3)18-21-19(23-7-9-25-10-8-23)17-11-16(12-20(4,5)6)13-24(17)22-18/h11,13-15H,7-10,12H2,1-6H3. The molecule has 0 aliphatic carbocycles. The highest BCUT2D eigenvalue weighted by Crippen LogP contribution is 2.29. The van der Waals surface area contributed by atoms with E-state index >= 15 is 0 Å². The number of fused-ring (bicyclic) bond motifs is 1. The number of morpholine rings is 1. The predicted molar refractivity (Wildman–Crippen MR) is 102 cm³/mol. The van der Waals surface area contributed by atoms with Crippen molar-refractivity contribution in [3.05, 3.63) is 23.7 Å². The maximum Gasteiger partial charge on any atom is 0.157 e. The van der Waals surface area contributed by atoms with Crippen LogP contribution in [0.3, 0.4) is 0 Å². The third-order valence-electron chi connectivity index (χ3n) is 4.97. The fourth-order valence-corrected chi connectivity index (χ4v) is 3.26. The monoisotopic (exact) mass is 344 g/mol. The maximum absolute atomic E-state index is 5.53. The van der Waals surface area contributed by atoms with Crippen molar-refractivity contribution in [2.75, 3.05) is 31.2 Å². The minimum atomic E-state index is 0.256. The summed E-state index contributed by atoms with van der Waals surface area (Å²) in [6.45, 7) is 16.8. The normalized spacial score (nSPS) is 17.5. The van der Waals surface area contributed by atoms with Crippen LogP contribution in [0.5, 0.6) is 0 Å². The molecule has 25 heavy (non-hydrogen) atoms. The van der Waals surface area contributed by atoms with Crippen LogP contribution in [0.4, 0.5) is 5.82 Å². The Labute approximate surface area is 151 Å². The summed E-state index contributed by atoms with van der Waals surface area (Å²) in [5, 5.41) is 4.85. The molecule has 2 aromatic rings. The summed E-state index contributed by atoms with van der Waals surface area (Å²) >= 11 is 0. The second kappa shape index (κ2) is 6.94. The third kappa shape index (κ3) is 4.14. The van der Waals surface area contributed by atoms with Gasteiger partial charge in [0.25, 0.3) is 0 Å². The average molecular weight is 345 g/mol. The van der Waals surface area contributed by atoms with Gasteiger partial charge < -0.3 is 9.64 Å². The smallest absolute Gasteiger partial charge is 0.157 e. The molecule has 0 amide bonds. The van der Waals surface area contributed by atoms with Gasteiger partial charge in [-0.25, -0.2) is 9.50 Å². The van der Waals surface area contributed by atoms with Crippen LogP contribution in [0, 0.1) is 11.3 Å². The molecule has 2 aromatic heterocycles. The Balaban J connectivity index is 2.08. The SMILES string of the molecule is CC(C)C(C)c1nc(N2CCOCC2)c2cc(CC(C)(C)C)cn2n1. The molecule has 1 aliphatic rings. The van der Waals surface area contributed by atoms with Crippen molar-refractivity contribution < 1.29 is 4.74 Å². The Morgan fingerprint density at radius 2 is 1.84 bits per heavy atom. The van der Waals surface area contributed by atoms with Crippen molar-refractivity contribution in [1.29, 1.82) is 0 Å². The van der Waals surface area contributed by atoms with Gasteiger partial charge in [-0.2, -0.15) is 5.10 Å². The molecular weight excluding hydrogens is 312 g/mol. The number of nitrogens with zero attached hydrogens (tertiary/aromatic N) is 4. The summed E-state index contributed by atoms with van der Waals surface area (Å²) in [7, 11) is 0. The van der Waals surface area contributed by atoms with Gasteiger partial charge in [0, 0.05) is 25.2 Å². The molecule has 3 rings (SSSR count). The van der Waals surface area contributed by atoms with E-state index in [1.54, 1.807) is 0 Å². The van der Waals surface area contributed by atoms with Crippen molar-refractivity contribution >= 4 is 11.3 Å². The van der Waals surface area contributed by atoms with Crippen LogP contribution in [0.25, 0.3) is 5.52 Å². The zero-order chi connectivity index (χ0) is 18.2. The van der Waals surface area contributed by atoms with Crippen molar-refractivity contribution in [3.63, 3.8) is 0 Å². The molecule has 5 nitrogen and oxygen atoms in total. The number of rotatable bonds is 4. The van der Waals surface area contributed by atoms with Gasteiger partial charge in [0.1, 0.15) is 5.52 Å². The lowest BCUT2D eigenvalue weighted by Gasteiger charge is -2.29. The molecule has 5 heteroatoms. The number of hydrogen-bond acceptors (Lipinski definition) is 4. The molecule has 1 atom stereocenters. The first-order valence-corrected chi connectivity index (χ1v) is 9.46. The van der Waals surface area contributed by atoms with Gasteiger partial charge in [-0.05, 0) is 29.4 Å². The van der Waals surface area contributed by atoms with Gasteiger partial charge in [0.05, 0.1) is 13.2 Å². The summed E-state index contributed by atoms with van der Waals surface area (Å²) < 4.78 is 7.58. The highest BCUT2D eigenvalue weighted by Gasteiger charge is 2.22. The van der Waals surface area contributed by atoms with Crippen LogP contribution in [-0.2, 0) is 11.2 Å². The Morgan fingerprint density at radius 3 is 2.44 bits per heavy atom. The molecule has 0 aromatic carbocycles. The van der Waals surface area contributed by atoms with Gasteiger partial charge >= 0.3 is 0 Å². The van der Waals surface area contributed by atoms with E-state index in [1.807, 2.05) is 4.52 Å². The maximum atomic E-state index is 5.53. The van der Waals surface area contributed by atoms with Crippen LogP contribution in [0.2, 0.25) is 0 Å². The minimum absolute atomic E-state index is 0.256. The highest BCUT2D eigenvalue weighted by atomic mass is 16.5. The van der Waals surface area contributed by atoms with Crippen LogP contribution in [0.1, 0.15) is 58.8 Å². The number of hydrogen-bond donors (Lipinski definition) is 0. The summed E-state index contributed by atoms with van der Waals surface area (Å²) in [5.74, 6) is 2.83. The lowest BCUT2D eigenvalue weighted by atomic mass is 9.89. The zero-order valence-corrected chi connectivity index (χ0v) is 16.5. The molecule has 1 fully saturated rings. The average Bonchev–Trinajstić information content (AvgIpc) is 2.93. The van der Waals surface area contributed by atoms with Crippen LogP contribution in [-0.4, -0.2) is 40.9 Å². The van der Waals surface area contributed by atoms with Crippen molar-refractivity contribution in [2.45, 2.75) is 53.9 Å². The molecule has 0 N–H and O–H groups in total. The molecule has 1 aliphatic heterocycles. The molecule has 138 valence electrons. The molecule has 0 spiro atoms. The summed E-state index contributed by atoms with van der Waals surface area (Å²) in [5.41, 5.74) is 2.69. The van der Waals surface area contributed by atoms with E-state index in [4.69, 9.17) is 14.8 Å². The lowest BCUT2D eigenvalue weighted by Crippen LogP contribution is -2.37. The zero-order valence-electron chi connectivity index (χ0n) is 16.5. The Kier molecular flexibility index (Phi) is 5.05. The van der Waals surface area contributed by atoms with Crippen LogP contribution in [0.15, 0.2) is 12.3 Å². The Hall–Kier alpha value is -1.62. The Bertz CT molecular complexity index is 723. The molecule has 0 bridgehead atoms. The molecule has 1 unspecified atom stereocenters. The second-order valence-corrected chi connectivity index (χ2v) is 8.84. The van der Waals surface area contributed by atoms with E-state index < -0.39 is 0 Å². The fourth-order valence-electron chi connectivity index (χ4n) is 3.26. The lowest BCUT2D eigenvalue weighted by molar-refractivity contribution is 0.122. The third-order valence-corrected chi connectivity index (χ3v) is 4.97. The van der Waals surface area contributed by atoms with E-state index in [2.05, 4.69) is 58.7 Å². The first kappa shape index (κ1) is 18.2. The number of ether oxygens (including phenoxy) is 1. The van der Waals surface area contributed by atoms with Gasteiger partial charge in [0.15, 0.2) is 11.6 Å². The topological polar surface area (TPSA) is 42.7 Å². The quantitative estimate of drug-likeness (QED) is 0.843. The van der Waals surface area contributed by atoms with Crippen molar-refractivity contribution in [2.24, 2.45) is 11.3 Å². The summed E-state index contributed by atoms with van der Waals surface area (Å²) in [6.07, 6.45) is 3.22. The number of anilines is 1. The highest BCUT2D eigenvalue weighted by molar-refractivity contribution is 5.70.